The maximum Gasteiger partial charge on any atom is 0.225 e. The van der Waals surface area contributed by atoms with Crippen LogP contribution in [-0.2, 0) is 4.79 Å². The first-order chi connectivity index (χ1) is 12.1. The number of piperazine rings is 1. The van der Waals surface area contributed by atoms with Gasteiger partial charge >= 0.3 is 0 Å². The summed E-state index contributed by atoms with van der Waals surface area (Å²) in [6, 6.07) is 6.41. The highest BCUT2D eigenvalue weighted by molar-refractivity contribution is 5.79. The van der Waals surface area contributed by atoms with Gasteiger partial charge in [0.25, 0.3) is 0 Å². The van der Waals surface area contributed by atoms with Crippen molar-refractivity contribution in [1.29, 1.82) is 5.26 Å². The Morgan fingerprint density at radius 3 is 2.48 bits per heavy atom. The molecule has 0 bridgehead atoms. The molecule has 0 unspecified atom stereocenters. The molecular formula is C19H27N5O. The van der Waals surface area contributed by atoms with Crippen LogP contribution in [0.4, 0.5) is 5.69 Å². The van der Waals surface area contributed by atoms with Crippen LogP contribution in [0.25, 0.3) is 0 Å². The monoisotopic (exact) mass is 341 g/mol. The number of aromatic nitrogens is 1. The molecule has 1 aromatic rings. The third-order valence-electron chi connectivity index (χ3n) is 5.42. The van der Waals surface area contributed by atoms with Crippen molar-refractivity contribution in [2.75, 3.05) is 44.2 Å². The molecule has 25 heavy (non-hydrogen) atoms. The molecule has 0 radical (unpaired) electrons. The predicted molar refractivity (Wildman–Crippen MR) is 97.2 cm³/mol. The minimum Gasteiger partial charge on any atom is -0.371 e. The van der Waals surface area contributed by atoms with Crippen LogP contribution in [0.15, 0.2) is 18.3 Å². The lowest BCUT2D eigenvalue weighted by molar-refractivity contribution is -0.138. The number of rotatable bonds is 3. The number of piperidine rings is 1. The average molecular weight is 341 g/mol. The topological polar surface area (TPSA) is 63.5 Å². The Bertz CT molecular complexity index is 637. The predicted octanol–water partition coefficient (Wildman–Crippen LogP) is 1.72. The number of anilines is 1. The quantitative estimate of drug-likeness (QED) is 0.838. The molecule has 1 amide bonds. The fourth-order valence-corrected chi connectivity index (χ4v) is 3.78. The molecule has 2 fully saturated rings. The first-order valence-electron chi connectivity index (χ1n) is 9.22. The lowest BCUT2D eigenvalue weighted by Crippen LogP contribution is -2.53. The average Bonchev–Trinajstić information content (AvgIpc) is 2.67. The van der Waals surface area contributed by atoms with Crippen molar-refractivity contribution >= 4 is 11.6 Å². The van der Waals surface area contributed by atoms with Gasteiger partial charge in [-0.05, 0) is 38.8 Å². The van der Waals surface area contributed by atoms with Crippen molar-refractivity contribution in [2.24, 2.45) is 5.92 Å². The summed E-state index contributed by atoms with van der Waals surface area (Å²) in [6.07, 6.45) is 3.44. The molecule has 0 saturated carbocycles. The summed E-state index contributed by atoms with van der Waals surface area (Å²) in [5, 5.41) is 8.99. The van der Waals surface area contributed by atoms with E-state index in [1.807, 2.05) is 12.1 Å². The van der Waals surface area contributed by atoms with E-state index in [1.165, 1.54) is 0 Å². The number of carbonyl (C=O) groups is 1. The van der Waals surface area contributed by atoms with Gasteiger partial charge in [-0.2, -0.15) is 5.26 Å². The summed E-state index contributed by atoms with van der Waals surface area (Å²) in [7, 11) is 0. The van der Waals surface area contributed by atoms with E-state index in [9.17, 15) is 4.79 Å². The van der Waals surface area contributed by atoms with Crippen LogP contribution in [0.1, 0.15) is 32.4 Å². The fourth-order valence-electron chi connectivity index (χ4n) is 3.78. The Morgan fingerprint density at radius 2 is 1.88 bits per heavy atom. The lowest BCUT2D eigenvalue weighted by Gasteiger charge is -2.40. The first-order valence-corrected chi connectivity index (χ1v) is 9.22. The van der Waals surface area contributed by atoms with Crippen LogP contribution < -0.4 is 4.90 Å². The first kappa shape index (κ1) is 17.7. The number of amides is 1. The minimum atomic E-state index is 0.138. The highest BCUT2D eigenvalue weighted by atomic mass is 16.2. The summed E-state index contributed by atoms with van der Waals surface area (Å²) >= 11 is 0. The van der Waals surface area contributed by atoms with Gasteiger partial charge < -0.3 is 9.80 Å². The zero-order valence-electron chi connectivity index (χ0n) is 15.2. The maximum atomic E-state index is 12.8. The molecule has 2 saturated heterocycles. The van der Waals surface area contributed by atoms with E-state index in [-0.39, 0.29) is 5.92 Å². The number of nitrogens with zero attached hydrogens (tertiary/aromatic N) is 5. The van der Waals surface area contributed by atoms with E-state index in [0.29, 0.717) is 17.6 Å². The van der Waals surface area contributed by atoms with Crippen LogP contribution in [0.3, 0.4) is 0 Å². The summed E-state index contributed by atoms with van der Waals surface area (Å²) in [5.41, 5.74) is 1.47. The highest BCUT2D eigenvalue weighted by Gasteiger charge is 2.30. The van der Waals surface area contributed by atoms with E-state index in [4.69, 9.17) is 5.26 Å². The molecule has 2 aliphatic heterocycles. The summed E-state index contributed by atoms with van der Waals surface area (Å²) in [6.45, 7) is 9.81. The Kier molecular flexibility index (Phi) is 5.54. The Balaban J connectivity index is 1.52. The molecular weight excluding hydrogens is 314 g/mol. The molecule has 1 aromatic heterocycles. The zero-order chi connectivity index (χ0) is 17.8. The molecule has 3 rings (SSSR count). The number of hydrogen-bond acceptors (Lipinski definition) is 5. The van der Waals surface area contributed by atoms with Gasteiger partial charge in [-0.1, -0.05) is 0 Å². The molecule has 0 spiro atoms. The van der Waals surface area contributed by atoms with Gasteiger partial charge in [-0.15, -0.1) is 0 Å². The third-order valence-corrected chi connectivity index (χ3v) is 5.42. The van der Waals surface area contributed by atoms with Crippen LogP contribution >= 0.6 is 0 Å². The number of nitriles is 1. The summed E-state index contributed by atoms with van der Waals surface area (Å²) in [5.74, 6) is 0.467. The van der Waals surface area contributed by atoms with E-state index in [0.717, 1.165) is 57.8 Å². The second-order valence-electron chi connectivity index (χ2n) is 7.23. The van der Waals surface area contributed by atoms with Gasteiger partial charge in [-0.25, -0.2) is 4.98 Å². The van der Waals surface area contributed by atoms with E-state index in [2.05, 4.69) is 39.6 Å². The normalized spacial score (nSPS) is 19.9. The fraction of sp³-hybridized carbons (Fsp3) is 0.632. The summed E-state index contributed by atoms with van der Waals surface area (Å²) < 4.78 is 0. The van der Waals surface area contributed by atoms with Crippen molar-refractivity contribution in [3.63, 3.8) is 0 Å². The molecule has 6 nitrogen and oxygen atoms in total. The molecule has 6 heteroatoms. The number of hydrogen-bond donors (Lipinski definition) is 0. The minimum absolute atomic E-state index is 0.138. The second-order valence-corrected chi connectivity index (χ2v) is 7.23. The van der Waals surface area contributed by atoms with Crippen molar-refractivity contribution in [2.45, 2.75) is 32.7 Å². The number of pyridine rings is 1. The van der Waals surface area contributed by atoms with Gasteiger partial charge in [0.2, 0.25) is 5.91 Å². The van der Waals surface area contributed by atoms with Crippen LogP contribution in [0.2, 0.25) is 0 Å². The van der Waals surface area contributed by atoms with Crippen molar-refractivity contribution in [3.05, 3.63) is 24.0 Å². The van der Waals surface area contributed by atoms with Gasteiger partial charge in [0.15, 0.2) is 0 Å². The van der Waals surface area contributed by atoms with E-state index >= 15 is 0 Å². The molecule has 134 valence electrons. The highest BCUT2D eigenvalue weighted by Crippen LogP contribution is 2.25. The lowest BCUT2D eigenvalue weighted by atomic mass is 9.94. The van der Waals surface area contributed by atoms with Crippen LogP contribution in [0, 0.1) is 17.2 Å². The molecule has 3 heterocycles. The van der Waals surface area contributed by atoms with Crippen LogP contribution in [-0.4, -0.2) is 66.0 Å². The largest absolute Gasteiger partial charge is 0.371 e. The SMILES string of the molecule is CC(C)N1CCN(C(=O)C2CCN(c3ccnc(C#N)c3)CC2)CC1. The Hall–Kier alpha value is -2.13. The Morgan fingerprint density at radius 1 is 1.20 bits per heavy atom. The smallest absolute Gasteiger partial charge is 0.225 e. The second kappa shape index (κ2) is 7.83. The van der Waals surface area contributed by atoms with E-state index < -0.39 is 0 Å². The molecule has 0 atom stereocenters. The van der Waals surface area contributed by atoms with Crippen LogP contribution in [0.5, 0.6) is 0 Å². The van der Waals surface area contributed by atoms with E-state index in [1.54, 1.807) is 6.20 Å². The standard InChI is InChI=1S/C19H27N5O/c1-15(2)22-9-11-24(12-10-22)19(25)16-4-7-23(8-5-16)18-3-6-21-17(13-18)14-20/h3,6,13,15-16H,4-5,7-12H2,1-2H3. The molecule has 2 aliphatic rings. The van der Waals surface area contributed by atoms with Crippen molar-refractivity contribution in [3.8, 4) is 6.07 Å². The number of carbonyl (C=O) groups excluding carboxylic acids is 1. The molecule has 0 aromatic carbocycles. The summed E-state index contributed by atoms with van der Waals surface area (Å²) in [4.78, 5) is 23.6. The van der Waals surface area contributed by atoms with Gasteiger partial charge in [-0.3, -0.25) is 9.69 Å². The molecule has 0 aliphatic carbocycles. The van der Waals surface area contributed by atoms with Gasteiger partial charge in [0.05, 0.1) is 0 Å². The van der Waals surface area contributed by atoms with Gasteiger partial charge in [0, 0.05) is 63.1 Å². The zero-order valence-corrected chi connectivity index (χ0v) is 15.2. The van der Waals surface area contributed by atoms with Crippen molar-refractivity contribution < 1.29 is 4.79 Å². The van der Waals surface area contributed by atoms with Crippen molar-refractivity contribution in [1.82, 2.24) is 14.8 Å². The Labute approximate surface area is 150 Å². The third kappa shape index (κ3) is 4.10. The maximum absolute atomic E-state index is 12.8. The van der Waals surface area contributed by atoms with Gasteiger partial charge in [0.1, 0.15) is 11.8 Å². The molecule has 0 N–H and O–H groups in total.